The fourth-order valence-electron chi connectivity index (χ4n) is 1.36. The van der Waals surface area contributed by atoms with Gasteiger partial charge in [-0.2, -0.15) is 4.79 Å². The highest BCUT2D eigenvalue weighted by atomic mass is 28.4. The number of hydrogen-bond donors (Lipinski definition) is 0. The lowest BCUT2D eigenvalue weighted by atomic mass is 10.2. The maximum atomic E-state index is 10.8. The van der Waals surface area contributed by atoms with Crippen molar-refractivity contribution in [3.8, 4) is 0 Å². The molecule has 0 atom stereocenters. The molecule has 0 aliphatic heterocycles. The molecule has 0 aliphatic rings. The van der Waals surface area contributed by atoms with Crippen LogP contribution in [0.4, 0.5) is 0 Å². The molecular weight excluding hydrogens is 272 g/mol. The summed E-state index contributed by atoms with van der Waals surface area (Å²) in [5.41, 5.74) is 8.12. The topological polar surface area (TPSA) is 71.9 Å². The van der Waals surface area contributed by atoms with Gasteiger partial charge >= 0.3 is 12.2 Å². The minimum absolute atomic E-state index is 0.259. The van der Waals surface area contributed by atoms with Gasteiger partial charge in [-0.05, 0) is 37.4 Å². The fourth-order valence-corrected chi connectivity index (χ4v) is 2.45. The number of nitrogens with zero attached hydrogens (tertiary/aromatic N) is 2. The van der Waals surface area contributed by atoms with E-state index in [9.17, 15) is 4.79 Å². The van der Waals surface area contributed by atoms with Crippen LogP contribution in [0.15, 0.2) is 0 Å². The maximum absolute atomic E-state index is 10.8. The van der Waals surface area contributed by atoms with E-state index in [1.807, 2.05) is 0 Å². The van der Waals surface area contributed by atoms with Gasteiger partial charge in [0, 0.05) is 6.61 Å². The monoisotopic (exact) mass is 300 g/mol. The number of carbonyl (C=O) groups is 1. The lowest BCUT2D eigenvalue weighted by Gasteiger charge is -2.36. The van der Waals surface area contributed by atoms with E-state index in [1.54, 1.807) is 0 Å². The van der Waals surface area contributed by atoms with Crippen molar-refractivity contribution < 1.29 is 18.7 Å². The van der Waals surface area contributed by atoms with Gasteiger partial charge in [0.2, 0.25) is 0 Å². The minimum Gasteiger partial charge on any atom is -0.457 e. The van der Waals surface area contributed by atoms with Gasteiger partial charge in [-0.25, -0.2) is 4.79 Å². The smallest absolute Gasteiger partial charge is 0.413 e. The molecule has 116 valence electrons. The summed E-state index contributed by atoms with van der Waals surface area (Å²) >= 11 is 0. The molecule has 20 heavy (non-hydrogen) atoms. The van der Waals surface area contributed by atoms with E-state index in [0.29, 0.717) is 6.61 Å². The second-order valence-corrected chi connectivity index (χ2v) is 11.2. The predicted octanol–water partition coefficient (Wildman–Crippen LogP) is 3.41. The Morgan fingerprint density at radius 1 is 1.15 bits per heavy atom. The zero-order valence-corrected chi connectivity index (χ0v) is 14.4. The molecule has 0 fully saturated rings. The third-order valence-corrected chi connectivity index (χ3v) is 8.25. The first kappa shape index (κ1) is 19.0. The number of unbranched alkanes of at least 4 members (excludes halogenated alkanes) is 3. The van der Waals surface area contributed by atoms with Crippen molar-refractivity contribution in [2.45, 2.75) is 64.6 Å². The van der Waals surface area contributed by atoms with Crippen LogP contribution < -0.4 is 0 Å². The van der Waals surface area contributed by atoms with E-state index in [0.717, 1.165) is 38.5 Å². The SMILES string of the molecule is CC(C)(C)[Si](C)(C)OCCCCCCOC(=O)C=[N+]=[N-]. The molecule has 0 heterocycles. The molecule has 0 N–H and O–H groups in total. The van der Waals surface area contributed by atoms with Gasteiger partial charge in [0.05, 0.1) is 6.61 Å². The van der Waals surface area contributed by atoms with Crippen molar-refractivity contribution in [1.29, 1.82) is 0 Å². The second kappa shape index (κ2) is 9.05. The molecule has 0 saturated heterocycles. The summed E-state index contributed by atoms with van der Waals surface area (Å²) < 4.78 is 10.9. The number of ether oxygens (including phenoxy) is 1. The molecule has 0 saturated carbocycles. The van der Waals surface area contributed by atoms with E-state index in [-0.39, 0.29) is 5.04 Å². The normalized spacial score (nSPS) is 11.8. The van der Waals surface area contributed by atoms with Crippen LogP contribution in [0.25, 0.3) is 5.53 Å². The van der Waals surface area contributed by atoms with Crippen molar-refractivity contribution >= 4 is 20.5 Å². The third-order valence-electron chi connectivity index (χ3n) is 3.72. The molecular formula is C14H28N2O3Si. The Morgan fingerprint density at radius 2 is 1.70 bits per heavy atom. The molecule has 0 amide bonds. The molecule has 0 aromatic heterocycles. The predicted molar refractivity (Wildman–Crippen MR) is 82.3 cm³/mol. The van der Waals surface area contributed by atoms with Crippen molar-refractivity contribution in [3.05, 3.63) is 5.53 Å². The van der Waals surface area contributed by atoms with Crippen molar-refractivity contribution in [1.82, 2.24) is 0 Å². The Kier molecular flexibility index (Phi) is 8.61. The highest BCUT2D eigenvalue weighted by Crippen LogP contribution is 2.36. The molecule has 0 radical (unpaired) electrons. The Balaban J connectivity index is 3.55. The standard InChI is InChI=1S/C14H28N2O3Si/c1-14(2,3)20(4,5)19-11-9-7-6-8-10-18-13(17)12-16-15/h12H,6-11H2,1-5H3. The lowest BCUT2D eigenvalue weighted by molar-refractivity contribution is -0.139. The Hall–Kier alpha value is -0.973. The Labute approximate surface area is 123 Å². The van der Waals surface area contributed by atoms with Gasteiger partial charge in [-0.1, -0.05) is 27.2 Å². The van der Waals surface area contributed by atoms with E-state index >= 15 is 0 Å². The molecule has 0 aromatic rings. The Bertz CT molecular complexity index is 345. The molecule has 0 rings (SSSR count). The zero-order chi connectivity index (χ0) is 15.6. The molecule has 0 unspecified atom stereocenters. The van der Waals surface area contributed by atoms with Gasteiger partial charge in [0.25, 0.3) is 0 Å². The average Bonchev–Trinajstić information content (AvgIpc) is 2.31. The summed E-state index contributed by atoms with van der Waals surface area (Å²) in [5.74, 6) is -0.603. The van der Waals surface area contributed by atoms with Gasteiger partial charge in [0.1, 0.15) is 0 Å². The quantitative estimate of drug-likeness (QED) is 0.164. The number of hydrogen-bond acceptors (Lipinski definition) is 3. The number of carbonyl (C=O) groups excluding carboxylic acids is 1. The lowest BCUT2D eigenvalue weighted by Crippen LogP contribution is -2.40. The van der Waals surface area contributed by atoms with E-state index in [2.05, 4.69) is 38.7 Å². The zero-order valence-electron chi connectivity index (χ0n) is 13.4. The minimum atomic E-state index is -1.61. The molecule has 0 bridgehead atoms. The molecule has 6 heteroatoms. The highest BCUT2D eigenvalue weighted by Gasteiger charge is 2.36. The average molecular weight is 300 g/mol. The van der Waals surface area contributed by atoms with Crippen LogP contribution in [0.1, 0.15) is 46.5 Å². The summed E-state index contributed by atoms with van der Waals surface area (Å²) in [4.78, 5) is 13.4. The summed E-state index contributed by atoms with van der Waals surface area (Å²) in [5, 5.41) is 0.259. The molecule has 5 nitrogen and oxygen atoms in total. The molecule has 0 aliphatic carbocycles. The largest absolute Gasteiger partial charge is 0.457 e. The summed E-state index contributed by atoms with van der Waals surface area (Å²) in [6.45, 7) is 12.4. The first-order valence-electron chi connectivity index (χ1n) is 7.19. The van der Waals surface area contributed by atoms with Crippen LogP contribution in [0, 0.1) is 0 Å². The van der Waals surface area contributed by atoms with Gasteiger partial charge in [-0.3, -0.25) is 0 Å². The highest BCUT2D eigenvalue weighted by molar-refractivity contribution is 6.74. The van der Waals surface area contributed by atoms with E-state index < -0.39 is 14.3 Å². The molecule has 0 spiro atoms. The third kappa shape index (κ3) is 8.25. The summed E-state index contributed by atoms with van der Waals surface area (Å²) in [6.07, 6.45) is 4.70. The van der Waals surface area contributed by atoms with Crippen LogP contribution in [0.3, 0.4) is 0 Å². The van der Waals surface area contributed by atoms with Gasteiger partial charge in [0.15, 0.2) is 8.32 Å². The van der Waals surface area contributed by atoms with Crippen LogP contribution in [0.2, 0.25) is 18.1 Å². The first-order chi connectivity index (χ1) is 9.20. The van der Waals surface area contributed by atoms with E-state index in [1.165, 1.54) is 0 Å². The van der Waals surface area contributed by atoms with Crippen LogP contribution >= 0.6 is 0 Å². The van der Waals surface area contributed by atoms with Crippen LogP contribution in [-0.4, -0.2) is 38.5 Å². The van der Waals surface area contributed by atoms with Crippen molar-refractivity contribution in [2.75, 3.05) is 13.2 Å². The van der Waals surface area contributed by atoms with Gasteiger partial charge in [-0.15, -0.1) is 0 Å². The number of rotatable bonds is 9. The number of esters is 1. The first-order valence-corrected chi connectivity index (χ1v) is 10.1. The van der Waals surface area contributed by atoms with Gasteiger partial charge < -0.3 is 14.7 Å². The molecule has 0 aromatic carbocycles. The summed E-state index contributed by atoms with van der Waals surface area (Å²) in [6, 6.07) is 0. The summed E-state index contributed by atoms with van der Waals surface area (Å²) in [7, 11) is -1.61. The van der Waals surface area contributed by atoms with E-state index in [4.69, 9.17) is 14.7 Å². The maximum Gasteiger partial charge on any atom is 0.413 e. The van der Waals surface area contributed by atoms with Crippen molar-refractivity contribution in [3.63, 3.8) is 0 Å². The van der Waals surface area contributed by atoms with Crippen LogP contribution in [-0.2, 0) is 14.0 Å². The second-order valence-electron chi connectivity index (χ2n) is 6.44. The Morgan fingerprint density at radius 3 is 2.20 bits per heavy atom. The fraction of sp³-hybridized carbons (Fsp3) is 0.857. The van der Waals surface area contributed by atoms with Crippen LogP contribution in [0.5, 0.6) is 0 Å². The van der Waals surface area contributed by atoms with Crippen molar-refractivity contribution in [2.24, 2.45) is 0 Å².